The summed E-state index contributed by atoms with van der Waals surface area (Å²) in [6.45, 7) is 12.0. The van der Waals surface area contributed by atoms with Crippen LogP contribution < -0.4 is 5.32 Å². The van der Waals surface area contributed by atoms with Crippen molar-refractivity contribution in [3.05, 3.63) is 0 Å². The second kappa shape index (κ2) is 9.36. The first kappa shape index (κ1) is 26.1. The van der Waals surface area contributed by atoms with Gasteiger partial charge in [0.15, 0.2) is 5.78 Å². The molecule has 0 amide bonds. The number of ketones is 1. The second-order valence-electron chi connectivity index (χ2n) is 14.2. The molecule has 5 fully saturated rings. The largest absolute Gasteiger partial charge is 0.393 e. The predicted molar refractivity (Wildman–Crippen MR) is 140 cm³/mol. The number of likely N-dealkylation sites (N-methyl/N-ethyl adjacent to an activating group) is 1. The molecule has 1 aliphatic heterocycles. The number of piperazine rings is 1. The minimum absolute atomic E-state index is 0.120. The number of carbonyl (C=O) groups excluding carboxylic acids is 1. The molecule has 35 heavy (non-hydrogen) atoms. The summed E-state index contributed by atoms with van der Waals surface area (Å²) in [5, 5.41) is 14.1. The van der Waals surface area contributed by atoms with Gasteiger partial charge in [-0.2, -0.15) is 0 Å². The molecule has 0 aromatic rings. The molecule has 12 atom stereocenters. The van der Waals surface area contributed by atoms with Crippen LogP contribution in [0.15, 0.2) is 0 Å². The van der Waals surface area contributed by atoms with E-state index in [1.165, 1.54) is 32.1 Å². The molecule has 2 N–H and O–H groups in total. The van der Waals surface area contributed by atoms with E-state index in [9.17, 15) is 9.90 Å². The van der Waals surface area contributed by atoms with Crippen molar-refractivity contribution in [3.8, 4) is 0 Å². The van der Waals surface area contributed by atoms with Crippen molar-refractivity contribution < 1.29 is 19.1 Å². The average Bonchev–Trinajstić information content (AvgIpc) is 3.18. The molecule has 4 unspecified atom stereocenters. The van der Waals surface area contributed by atoms with Crippen LogP contribution in [0.1, 0.15) is 85.5 Å². The first-order valence-electron chi connectivity index (χ1n) is 14.8. The molecular formula is C30H53N2O3+. The highest BCUT2D eigenvalue weighted by atomic mass is 16.5. The standard InChI is InChI=1S/C30H53N2O3/c1-19-16-31-20(2)21(3)32(19,5)17-28(34)27-10-9-25-24-8-7-22-15-23(33)11-14-30(22,18-35-6)26(24)12-13-29(25,27)4/h19-27,31,33H,7-18H2,1-6H3/q+1/t19?,20?,21-,22-,23+,24-,25-,26?,27+,29-,30+,32?/m0/s1. The third-order valence-electron chi connectivity index (χ3n) is 13.0. The number of hydrogen-bond donors (Lipinski definition) is 2. The summed E-state index contributed by atoms with van der Waals surface area (Å²) >= 11 is 0. The number of fused-ring (bicyclic) bond motifs is 5. The third kappa shape index (κ3) is 3.97. The topological polar surface area (TPSA) is 58.6 Å². The Morgan fingerprint density at radius 2 is 1.83 bits per heavy atom. The van der Waals surface area contributed by atoms with E-state index in [0.29, 0.717) is 48.2 Å². The molecule has 1 heterocycles. The van der Waals surface area contributed by atoms with Crippen molar-refractivity contribution in [1.82, 2.24) is 5.32 Å². The molecule has 0 bridgehead atoms. The number of Topliss-reactive ketones (excluding diaryl/α,β-unsaturated/α-hetero) is 1. The van der Waals surface area contributed by atoms with Gasteiger partial charge in [0.1, 0.15) is 12.6 Å². The van der Waals surface area contributed by atoms with Crippen LogP contribution in [0.2, 0.25) is 0 Å². The molecule has 4 aliphatic carbocycles. The smallest absolute Gasteiger partial charge is 0.190 e. The van der Waals surface area contributed by atoms with Gasteiger partial charge in [0, 0.05) is 19.6 Å². The third-order valence-corrected chi connectivity index (χ3v) is 13.0. The number of aliphatic hydroxyl groups excluding tert-OH is 1. The fourth-order valence-corrected chi connectivity index (χ4v) is 10.5. The van der Waals surface area contributed by atoms with Crippen molar-refractivity contribution in [2.75, 3.05) is 33.9 Å². The second-order valence-corrected chi connectivity index (χ2v) is 14.2. The fourth-order valence-electron chi connectivity index (χ4n) is 10.5. The molecule has 5 rings (SSSR count). The van der Waals surface area contributed by atoms with Crippen molar-refractivity contribution >= 4 is 5.78 Å². The van der Waals surface area contributed by atoms with Crippen molar-refractivity contribution in [3.63, 3.8) is 0 Å². The number of nitrogens with one attached hydrogen (secondary N) is 1. The summed E-state index contributed by atoms with van der Waals surface area (Å²) in [5.41, 5.74) is 0.416. The van der Waals surface area contributed by atoms with Gasteiger partial charge in [-0.05, 0) is 113 Å². The van der Waals surface area contributed by atoms with E-state index in [1.807, 2.05) is 7.11 Å². The first-order chi connectivity index (χ1) is 16.6. The Hall–Kier alpha value is -0.490. The van der Waals surface area contributed by atoms with Gasteiger partial charge >= 0.3 is 0 Å². The van der Waals surface area contributed by atoms with Gasteiger partial charge in [-0.15, -0.1) is 0 Å². The van der Waals surface area contributed by atoms with Crippen LogP contribution in [0.25, 0.3) is 0 Å². The van der Waals surface area contributed by atoms with Gasteiger partial charge in [0.25, 0.3) is 0 Å². The van der Waals surface area contributed by atoms with Crippen molar-refractivity contribution in [2.24, 2.45) is 40.4 Å². The number of aliphatic hydroxyl groups is 1. The molecule has 200 valence electrons. The van der Waals surface area contributed by atoms with Crippen molar-refractivity contribution in [1.29, 1.82) is 0 Å². The van der Waals surface area contributed by atoms with E-state index < -0.39 is 0 Å². The van der Waals surface area contributed by atoms with Gasteiger partial charge in [0.05, 0.1) is 31.8 Å². The number of methoxy groups -OCH3 is 1. The number of carbonyl (C=O) groups is 1. The lowest BCUT2D eigenvalue weighted by atomic mass is 9.44. The van der Waals surface area contributed by atoms with E-state index in [1.54, 1.807) is 0 Å². The fraction of sp³-hybridized carbons (Fsp3) is 0.967. The highest BCUT2D eigenvalue weighted by Gasteiger charge is 2.63. The molecule has 0 radical (unpaired) electrons. The zero-order valence-electron chi connectivity index (χ0n) is 23.4. The van der Waals surface area contributed by atoms with Gasteiger partial charge < -0.3 is 19.6 Å². The molecule has 1 saturated heterocycles. The minimum atomic E-state index is -0.120. The Kier molecular flexibility index (Phi) is 6.99. The molecule has 5 aliphatic rings. The molecule has 0 spiro atoms. The van der Waals surface area contributed by atoms with E-state index in [-0.39, 0.29) is 22.9 Å². The van der Waals surface area contributed by atoms with Gasteiger partial charge in [-0.1, -0.05) is 6.92 Å². The Labute approximate surface area is 214 Å². The van der Waals surface area contributed by atoms with Crippen LogP contribution in [0.5, 0.6) is 0 Å². The molecular weight excluding hydrogens is 436 g/mol. The number of nitrogens with zero attached hydrogens (tertiary/aromatic N) is 1. The highest BCUT2D eigenvalue weighted by molar-refractivity contribution is 5.83. The minimum Gasteiger partial charge on any atom is -0.393 e. The maximum Gasteiger partial charge on any atom is 0.190 e. The van der Waals surface area contributed by atoms with Crippen molar-refractivity contribution in [2.45, 2.75) is 110 Å². The van der Waals surface area contributed by atoms with Crippen LogP contribution in [-0.4, -0.2) is 73.5 Å². The Bertz CT molecular complexity index is 804. The number of hydrogen-bond acceptors (Lipinski definition) is 4. The monoisotopic (exact) mass is 489 g/mol. The maximum absolute atomic E-state index is 14.1. The SMILES string of the molecule is COC[C@]12CC[C@@H](O)C[C@@H]1CC[C@@H]1C2CC[C@]2(C)[C@@H](C(=O)C[N+]3(C)C(C)CNC(C)[C@@H]3C)CC[C@@H]12. The summed E-state index contributed by atoms with van der Waals surface area (Å²) in [6.07, 6.45) is 10.2. The Balaban J connectivity index is 1.36. The van der Waals surface area contributed by atoms with E-state index >= 15 is 0 Å². The molecule has 5 nitrogen and oxygen atoms in total. The summed E-state index contributed by atoms with van der Waals surface area (Å²) < 4.78 is 6.79. The van der Waals surface area contributed by atoms with Crippen LogP contribution >= 0.6 is 0 Å². The zero-order valence-corrected chi connectivity index (χ0v) is 23.4. The molecule has 0 aromatic heterocycles. The zero-order chi connectivity index (χ0) is 25.2. The van der Waals surface area contributed by atoms with Crippen LogP contribution in [0.4, 0.5) is 0 Å². The van der Waals surface area contributed by atoms with E-state index in [4.69, 9.17) is 4.74 Å². The molecule has 4 saturated carbocycles. The normalized spacial score (nSPS) is 54.0. The first-order valence-corrected chi connectivity index (χ1v) is 14.8. The lowest BCUT2D eigenvalue weighted by molar-refractivity contribution is -0.950. The lowest BCUT2D eigenvalue weighted by Crippen LogP contribution is -2.71. The maximum atomic E-state index is 14.1. The highest BCUT2D eigenvalue weighted by Crippen LogP contribution is 2.67. The van der Waals surface area contributed by atoms with Crippen LogP contribution in [0.3, 0.4) is 0 Å². The summed E-state index contributed by atoms with van der Waals surface area (Å²) in [6, 6.07) is 1.37. The van der Waals surface area contributed by atoms with Crippen LogP contribution in [0, 0.1) is 40.4 Å². The molecule has 0 aromatic carbocycles. The number of quaternary nitrogens is 1. The average molecular weight is 490 g/mol. The quantitative estimate of drug-likeness (QED) is 0.562. The van der Waals surface area contributed by atoms with E-state index in [0.717, 1.165) is 49.2 Å². The Morgan fingerprint density at radius 3 is 2.57 bits per heavy atom. The summed E-state index contributed by atoms with van der Waals surface area (Å²) in [4.78, 5) is 14.1. The predicted octanol–water partition coefficient (Wildman–Crippen LogP) is 4.42. The molecule has 5 heteroatoms. The number of rotatable bonds is 5. The van der Waals surface area contributed by atoms with Gasteiger partial charge in [-0.25, -0.2) is 0 Å². The summed E-state index contributed by atoms with van der Waals surface area (Å²) in [5.74, 6) is 3.51. The van der Waals surface area contributed by atoms with Gasteiger partial charge in [-0.3, -0.25) is 4.79 Å². The van der Waals surface area contributed by atoms with Crippen LogP contribution in [-0.2, 0) is 9.53 Å². The van der Waals surface area contributed by atoms with Gasteiger partial charge in [0.2, 0.25) is 0 Å². The van der Waals surface area contributed by atoms with E-state index in [2.05, 4.69) is 40.1 Å². The Morgan fingerprint density at radius 1 is 1.06 bits per heavy atom. The lowest BCUT2D eigenvalue weighted by Gasteiger charge is -2.61. The number of ether oxygens (including phenoxy) is 1. The summed E-state index contributed by atoms with van der Waals surface area (Å²) in [7, 11) is 4.21.